The summed E-state index contributed by atoms with van der Waals surface area (Å²) in [6.45, 7) is 2.29. The lowest BCUT2D eigenvalue weighted by Crippen LogP contribution is -2.32. The van der Waals surface area contributed by atoms with Crippen LogP contribution in [0.2, 0.25) is 0 Å². The number of rotatable bonds is 7. The van der Waals surface area contributed by atoms with E-state index in [1.807, 2.05) is 24.4 Å². The van der Waals surface area contributed by atoms with E-state index in [0.29, 0.717) is 6.04 Å². The quantitative estimate of drug-likeness (QED) is 0.770. The number of pyridine rings is 1. The Morgan fingerprint density at radius 1 is 1.18 bits per heavy atom. The van der Waals surface area contributed by atoms with Crippen LogP contribution in [0.25, 0.3) is 6.08 Å². The highest BCUT2D eigenvalue weighted by Crippen LogP contribution is 2.16. The first kappa shape index (κ1) is 16.7. The van der Waals surface area contributed by atoms with Crippen LogP contribution in [0.3, 0.4) is 0 Å². The summed E-state index contributed by atoms with van der Waals surface area (Å²) in [6.07, 6.45) is 15.2. The molecule has 1 aliphatic carbocycles. The van der Waals surface area contributed by atoms with E-state index < -0.39 is 0 Å². The first-order chi connectivity index (χ1) is 10.6. The smallest absolute Gasteiger partial charge is 0.0629 e. The molecule has 0 spiro atoms. The Morgan fingerprint density at radius 3 is 2.68 bits per heavy atom. The predicted octanol–water partition coefficient (Wildman–Crippen LogP) is 3.23. The summed E-state index contributed by atoms with van der Waals surface area (Å²) in [5.41, 5.74) is 2.27. The molecule has 1 aromatic rings. The van der Waals surface area contributed by atoms with Gasteiger partial charge in [-0.05, 0) is 70.9 Å². The molecule has 0 amide bonds. The molecule has 0 saturated carbocycles. The first-order valence-electron chi connectivity index (χ1n) is 7.97. The Labute approximate surface area is 134 Å². The van der Waals surface area contributed by atoms with E-state index in [4.69, 9.17) is 0 Å². The first-order valence-corrected chi connectivity index (χ1v) is 7.97. The molecule has 22 heavy (non-hydrogen) atoms. The minimum absolute atomic E-state index is 0.522. The van der Waals surface area contributed by atoms with E-state index in [1.165, 1.54) is 12.0 Å². The minimum atomic E-state index is 0.522. The zero-order chi connectivity index (χ0) is 15.8. The van der Waals surface area contributed by atoms with Crippen molar-refractivity contribution in [2.45, 2.75) is 18.9 Å². The third-order valence-electron chi connectivity index (χ3n) is 3.92. The van der Waals surface area contributed by atoms with Crippen LogP contribution in [0, 0.1) is 0 Å². The third kappa shape index (κ3) is 5.58. The van der Waals surface area contributed by atoms with Gasteiger partial charge in [-0.15, -0.1) is 0 Å². The fourth-order valence-corrected chi connectivity index (χ4v) is 2.53. The van der Waals surface area contributed by atoms with Crippen LogP contribution >= 0.6 is 0 Å². The normalized spacial score (nSPS) is 18.4. The van der Waals surface area contributed by atoms with Gasteiger partial charge in [0.05, 0.1) is 5.69 Å². The molecule has 0 aromatic carbocycles. The SMILES string of the molecule is CN(C)CCCN(C)C1C=CC(C=Cc2ccccn2)=CC1. The third-order valence-corrected chi connectivity index (χ3v) is 3.92. The molecule has 0 saturated heterocycles. The average molecular weight is 297 g/mol. The lowest BCUT2D eigenvalue weighted by atomic mass is 10.0. The molecule has 0 bridgehead atoms. The molecule has 1 aliphatic rings. The van der Waals surface area contributed by atoms with Gasteiger partial charge in [0.2, 0.25) is 0 Å². The lowest BCUT2D eigenvalue weighted by molar-refractivity contribution is 0.261. The van der Waals surface area contributed by atoms with Crippen LogP contribution in [0.1, 0.15) is 18.5 Å². The lowest BCUT2D eigenvalue weighted by Gasteiger charge is -2.27. The van der Waals surface area contributed by atoms with Gasteiger partial charge in [-0.3, -0.25) is 9.88 Å². The van der Waals surface area contributed by atoms with E-state index in [2.05, 4.69) is 66.3 Å². The van der Waals surface area contributed by atoms with E-state index >= 15 is 0 Å². The summed E-state index contributed by atoms with van der Waals surface area (Å²) in [4.78, 5) is 8.99. The van der Waals surface area contributed by atoms with E-state index in [0.717, 1.165) is 25.2 Å². The van der Waals surface area contributed by atoms with Crippen molar-refractivity contribution in [1.82, 2.24) is 14.8 Å². The van der Waals surface area contributed by atoms with Gasteiger partial charge in [0, 0.05) is 12.2 Å². The van der Waals surface area contributed by atoms with Gasteiger partial charge in [0.25, 0.3) is 0 Å². The summed E-state index contributed by atoms with van der Waals surface area (Å²) < 4.78 is 0. The van der Waals surface area contributed by atoms with E-state index in [9.17, 15) is 0 Å². The Bertz CT molecular complexity index is 529. The Hall–Kier alpha value is -1.71. The molecule has 1 aromatic heterocycles. The summed E-state index contributed by atoms with van der Waals surface area (Å²) >= 11 is 0. The van der Waals surface area contributed by atoms with Crippen molar-refractivity contribution in [1.29, 1.82) is 0 Å². The number of allylic oxidation sites excluding steroid dienone is 3. The molecule has 0 N–H and O–H groups in total. The maximum atomic E-state index is 4.30. The van der Waals surface area contributed by atoms with Crippen LogP contribution in [-0.4, -0.2) is 55.1 Å². The van der Waals surface area contributed by atoms with Crippen LogP contribution in [-0.2, 0) is 0 Å². The Morgan fingerprint density at radius 2 is 2.05 bits per heavy atom. The monoisotopic (exact) mass is 297 g/mol. The van der Waals surface area contributed by atoms with Crippen molar-refractivity contribution in [3.8, 4) is 0 Å². The molecular weight excluding hydrogens is 270 g/mol. The molecule has 1 unspecified atom stereocenters. The molecule has 1 atom stereocenters. The van der Waals surface area contributed by atoms with E-state index in [-0.39, 0.29) is 0 Å². The average Bonchev–Trinajstić information content (AvgIpc) is 2.54. The van der Waals surface area contributed by atoms with Gasteiger partial charge in [0.1, 0.15) is 0 Å². The summed E-state index contributed by atoms with van der Waals surface area (Å²) in [6, 6.07) is 6.49. The molecule has 0 fully saturated rings. The molecule has 1 heterocycles. The highest BCUT2D eigenvalue weighted by atomic mass is 15.1. The zero-order valence-corrected chi connectivity index (χ0v) is 13.9. The summed E-state index contributed by atoms with van der Waals surface area (Å²) in [5.74, 6) is 0. The molecule has 0 radical (unpaired) electrons. The van der Waals surface area contributed by atoms with Gasteiger partial charge in [0.15, 0.2) is 0 Å². The van der Waals surface area contributed by atoms with Gasteiger partial charge in [-0.1, -0.05) is 30.4 Å². The van der Waals surface area contributed by atoms with Crippen molar-refractivity contribution in [3.05, 3.63) is 60.0 Å². The summed E-state index contributed by atoms with van der Waals surface area (Å²) in [5, 5.41) is 0. The second-order valence-corrected chi connectivity index (χ2v) is 6.09. The van der Waals surface area contributed by atoms with Crippen LogP contribution < -0.4 is 0 Å². The number of hydrogen-bond acceptors (Lipinski definition) is 3. The van der Waals surface area contributed by atoms with Crippen molar-refractivity contribution in [2.75, 3.05) is 34.2 Å². The zero-order valence-electron chi connectivity index (χ0n) is 13.9. The fourth-order valence-electron chi connectivity index (χ4n) is 2.53. The van der Waals surface area contributed by atoms with Gasteiger partial charge in [-0.2, -0.15) is 0 Å². The van der Waals surface area contributed by atoms with Crippen molar-refractivity contribution in [3.63, 3.8) is 0 Å². The highest BCUT2D eigenvalue weighted by molar-refractivity contribution is 5.52. The number of hydrogen-bond donors (Lipinski definition) is 0. The second-order valence-electron chi connectivity index (χ2n) is 6.09. The molecular formula is C19H27N3. The van der Waals surface area contributed by atoms with Gasteiger partial charge in [-0.25, -0.2) is 0 Å². The molecule has 2 rings (SSSR count). The van der Waals surface area contributed by atoms with E-state index in [1.54, 1.807) is 0 Å². The minimum Gasteiger partial charge on any atom is -0.309 e. The predicted molar refractivity (Wildman–Crippen MR) is 94.7 cm³/mol. The van der Waals surface area contributed by atoms with Crippen LogP contribution in [0.5, 0.6) is 0 Å². The van der Waals surface area contributed by atoms with Gasteiger partial charge >= 0.3 is 0 Å². The van der Waals surface area contributed by atoms with Crippen molar-refractivity contribution < 1.29 is 0 Å². The molecule has 3 heteroatoms. The number of likely N-dealkylation sites (N-methyl/N-ethyl adjacent to an activating group) is 1. The fraction of sp³-hybridized carbons (Fsp3) is 0.421. The highest BCUT2D eigenvalue weighted by Gasteiger charge is 2.12. The van der Waals surface area contributed by atoms with Crippen LogP contribution in [0.4, 0.5) is 0 Å². The van der Waals surface area contributed by atoms with Crippen molar-refractivity contribution >= 4 is 6.08 Å². The molecule has 0 aliphatic heterocycles. The maximum absolute atomic E-state index is 4.30. The molecule has 118 valence electrons. The second kappa shape index (κ2) is 8.66. The topological polar surface area (TPSA) is 19.4 Å². The van der Waals surface area contributed by atoms with Gasteiger partial charge < -0.3 is 4.90 Å². The number of aromatic nitrogens is 1. The maximum Gasteiger partial charge on any atom is 0.0629 e. The standard InChI is InChI=1S/C19H27N3/c1-21(2)15-6-16-22(3)19-12-9-17(10-13-19)8-11-18-7-4-5-14-20-18/h4-5,7-12,14,19H,6,13,15-16H2,1-3H3. The van der Waals surface area contributed by atoms with Crippen LogP contribution in [0.15, 0.2) is 54.3 Å². The Kier molecular flexibility index (Phi) is 6.56. The van der Waals surface area contributed by atoms with Crippen molar-refractivity contribution in [2.24, 2.45) is 0 Å². The molecule has 3 nitrogen and oxygen atoms in total. The largest absolute Gasteiger partial charge is 0.309 e. The summed E-state index contributed by atoms with van der Waals surface area (Å²) in [7, 11) is 6.47. The Balaban J connectivity index is 1.80. The number of nitrogens with zero attached hydrogens (tertiary/aromatic N) is 3.